The molecule has 0 spiro atoms. The van der Waals surface area contributed by atoms with Crippen molar-refractivity contribution in [1.82, 2.24) is 9.78 Å². The molecule has 6 nitrogen and oxygen atoms in total. The van der Waals surface area contributed by atoms with Crippen LogP contribution in [0.1, 0.15) is 52.4 Å². The van der Waals surface area contributed by atoms with Crippen LogP contribution in [-0.2, 0) is 12.6 Å². The molecule has 1 aromatic heterocycles. The number of rotatable bonds is 6. The number of hydrogen-bond acceptors (Lipinski definition) is 5. The van der Waals surface area contributed by atoms with Gasteiger partial charge in [0, 0.05) is 24.4 Å². The van der Waals surface area contributed by atoms with Gasteiger partial charge in [-0.15, -0.1) is 0 Å². The maximum absolute atomic E-state index is 13.6. The molecule has 0 atom stereocenters. The summed E-state index contributed by atoms with van der Waals surface area (Å²) in [5.74, 6) is -0.449. The first-order chi connectivity index (χ1) is 13.9. The Labute approximate surface area is 176 Å². The van der Waals surface area contributed by atoms with Crippen molar-refractivity contribution in [2.75, 3.05) is 23.9 Å². The number of nitrogens with zero attached hydrogens (tertiary/aromatic N) is 2. The van der Waals surface area contributed by atoms with Crippen molar-refractivity contribution in [3.05, 3.63) is 40.7 Å². The molecule has 1 aromatic carbocycles. The molecular weight excluding hydrogens is 417 g/mol. The number of halogens is 3. The van der Waals surface area contributed by atoms with E-state index in [1.807, 2.05) is 20.1 Å². The summed E-state index contributed by atoms with van der Waals surface area (Å²) in [5.41, 5.74) is 4.60. The van der Waals surface area contributed by atoms with Crippen LogP contribution in [0.3, 0.4) is 0 Å². The van der Waals surface area contributed by atoms with Gasteiger partial charge >= 0.3 is 6.18 Å². The standard InChI is InChI=1S/C20H23F3N4O2S/c1-19(2)9-14-16(15(28)10-19)17(20(21,22)23)26-27(14)11-4-5-12(18(24)29)13(8-11)25-6-7-30-3/h4-5,8,25H,6-7,9-10H2,1-3H3,(H2,24,29). The van der Waals surface area contributed by atoms with Gasteiger partial charge in [0.25, 0.3) is 5.91 Å². The summed E-state index contributed by atoms with van der Waals surface area (Å²) in [6, 6.07) is 4.48. The molecule has 0 aliphatic heterocycles. The Hall–Kier alpha value is -2.49. The Morgan fingerprint density at radius 1 is 1.33 bits per heavy atom. The zero-order chi connectivity index (χ0) is 22.3. The Kier molecular flexibility index (Phi) is 5.90. The highest BCUT2D eigenvalue weighted by Gasteiger charge is 2.45. The number of Topliss-reactive ketones (excluding diaryl/α,β-unsaturated/α-hetero) is 1. The fourth-order valence-corrected chi connectivity index (χ4v) is 3.98. The topological polar surface area (TPSA) is 90.0 Å². The van der Waals surface area contributed by atoms with Crippen molar-refractivity contribution >= 4 is 29.1 Å². The van der Waals surface area contributed by atoms with Crippen molar-refractivity contribution in [3.8, 4) is 5.69 Å². The van der Waals surface area contributed by atoms with E-state index in [0.717, 1.165) is 5.75 Å². The van der Waals surface area contributed by atoms with Gasteiger partial charge in [-0.3, -0.25) is 9.59 Å². The fourth-order valence-electron chi connectivity index (χ4n) is 3.67. The number of thioether (sulfide) groups is 1. The number of nitrogens with two attached hydrogens (primary N) is 1. The third kappa shape index (κ3) is 4.33. The van der Waals surface area contributed by atoms with Gasteiger partial charge in [-0.25, -0.2) is 4.68 Å². The first-order valence-electron chi connectivity index (χ1n) is 9.34. The van der Waals surface area contributed by atoms with E-state index in [1.54, 1.807) is 17.8 Å². The van der Waals surface area contributed by atoms with Crippen LogP contribution in [0.25, 0.3) is 5.69 Å². The number of alkyl halides is 3. The monoisotopic (exact) mass is 440 g/mol. The van der Waals surface area contributed by atoms with E-state index >= 15 is 0 Å². The molecule has 30 heavy (non-hydrogen) atoms. The summed E-state index contributed by atoms with van der Waals surface area (Å²) < 4.78 is 42.0. The van der Waals surface area contributed by atoms with E-state index < -0.39 is 29.0 Å². The van der Waals surface area contributed by atoms with Crippen LogP contribution in [0.5, 0.6) is 0 Å². The smallest absolute Gasteiger partial charge is 0.384 e. The molecule has 1 aliphatic carbocycles. The number of ketones is 1. The Bertz CT molecular complexity index is 999. The van der Waals surface area contributed by atoms with E-state index in [2.05, 4.69) is 10.4 Å². The number of fused-ring (bicyclic) bond motifs is 1. The average Bonchev–Trinajstić information content (AvgIpc) is 3.00. The molecule has 0 radical (unpaired) electrons. The molecule has 0 bridgehead atoms. The van der Waals surface area contributed by atoms with Crippen molar-refractivity contribution in [2.45, 2.75) is 32.9 Å². The molecule has 3 rings (SSSR count). The van der Waals surface area contributed by atoms with Crippen LogP contribution in [0.2, 0.25) is 0 Å². The lowest BCUT2D eigenvalue weighted by Gasteiger charge is -2.29. The van der Waals surface area contributed by atoms with Gasteiger partial charge in [-0.05, 0) is 36.3 Å². The Morgan fingerprint density at radius 2 is 2.03 bits per heavy atom. The second kappa shape index (κ2) is 7.98. The summed E-state index contributed by atoms with van der Waals surface area (Å²) >= 11 is 1.60. The highest BCUT2D eigenvalue weighted by molar-refractivity contribution is 7.98. The van der Waals surface area contributed by atoms with Crippen LogP contribution in [0, 0.1) is 5.41 Å². The number of amides is 1. The number of aromatic nitrogens is 2. The summed E-state index contributed by atoms with van der Waals surface area (Å²) in [4.78, 5) is 24.3. The van der Waals surface area contributed by atoms with E-state index in [9.17, 15) is 22.8 Å². The van der Waals surface area contributed by atoms with Crippen LogP contribution in [0.15, 0.2) is 18.2 Å². The number of carbonyl (C=O) groups is 2. The normalized spacial score (nSPS) is 15.7. The number of primary amides is 1. The maximum Gasteiger partial charge on any atom is 0.435 e. The summed E-state index contributed by atoms with van der Waals surface area (Å²) in [5, 5.41) is 6.88. The van der Waals surface area contributed by atoms with Gasteiger partial charge in [0.1, 0.15) is 0 Å². The number of nitrogens with one attached hydrogen (secondary N) is 1. The second-order valence-corrected chi connectivity index (χ2v) is 9.02. The lowest BCUT2D eigenvalue weighted by molar-refractivity contribution is -0.141. The molecule has 0 saturated carbocycles. The molecule has 3 N–H and O–H groups in total. The van der Waals surface area contributed by atoms with Crippen LogP contribution >= 0.6 is 11.8 Å². The molecule has 1 heterocycles. The maximum atomic E-state index is 13.6. The predicted octanol–water partition coefficient (Wildman–Crippen LogP) is 3.92. The highest BCUT2D eigenvalue weighted by Crippen LogP contribution is 2.42. The first-order valence-corrected chi connectivity index (χ1v) is 10.7. The third-order valence-electron chi connectivity index (χ3n) is 4.95. The summed E-state index contributed by atoms with van der Waals surface area (Å²) in [6.07, 6.45) is -2.53. The van der Waals surface area contributed by atoms with Gasteiger partial charge < -0.3 is 11.1 Å². The largest absolute Gasteiger partial charge is 0.435 e. The third-order valence-corrected chi connectivity index (χ3v) is 5.56. The van der Waals surface area contributed by atoms with Gasteiger partial charge in [-0.2, -0.15) is 30.0 Å². The van der Waals surface area contributed by atoms with Gasteiger partial charge in [0.2, 0.25) is 0 Å². The van der Waals surface area contributed by atoms with E-state index in [4.69, 9.17) is 5.73 Å². The quantitative estimate of drug-likeness (QED) is 0.665. The minimum Gasteiger partial charge on any atom is -0.384 e. The van der Waals surface area contributed by atoms with Gasteiger partial charge in [-0.1, -0.05) is 13.8 Å². The van der Waals surface area contributed by atoms with E-state index in [1.165, 1.54) is 16.8 Å². The minimum atomic E-state index is -4.75. The summed E-state index contributed by atoms with van der Waals surface area (Å²) in [6.45, 7) is 4.22. The zero-order valence-corrected chi connectivity index (χ0v) is 17.7. The lowest BCUT2D eigenvalue weighted by atomic mass is 9.75. The highest BCUT2D eigenvalue weighted by atomic mass is 32.2. The zero-order valence-electron chi connectivity index (χ0n) is 16.9. The molecular formula is C20H23F3N4O2S. The lowest BCUT2D eigenvalue weighted by Crippen LogP contribution is -2.29. The Balaban J connectivity index is 2.17. The second-order valence-electron chi connectivity index (χ2n) is 8.03. The average molecular weight is 440 g/mol. The van der Waals surface area contributed by atoms with Gasteiger partial charge in [0.15, 0.2) is 11.5 Å². The number of benzene rings is 1. The number of carbonyl (C=O) groups excluding carboxylic acids is 2. The minimum absolute atomic E-state index is 0.0247. The molecule has 162 valence electrons. The molecule has 0 unspecified atom stereocenters. The van der Waals surface area contributed by atoms with Crippen LogP contribution < -0.4 is 11.1 Å². The fraction of sp³-hybridized carbons (Fsp3) is 0.450. The molecule has 2 aromatic rings. The predicted molar refractivity (Wildman–Crippen MR) is 110 cm³/mol. The molecule has 1 amide bonds. The SMILES string of the molecule is CSCCNc1cc(-n2nc(C(F)(F)F)c3c2CC(C)(C)CC3=O)ccc1C(N)=O. The van der Waals surface area contributed by atoms with Crippen molar-refractivity contribution in [3.63, 3.8) is 0 Å². The molecule has 1 aliphatic rings. The van der Waals surface area contributed by atoms with Crippen LogP contribution in [0.4, 0.5) is 18.9 Å². The van der Waals surface area contributed by atoms with Gasteiger partial charge in [0.05, 0.1) is 22.5 Å². The first kappa shape index (κ1) is 22.2. The van der Waals surface area contributed by atoms with Crippen LogP contribution in [-0.4, -0.2) is 40.0 Å². The number of anilines is 1. The molecule has 0 saturated heterocycles. The summed E-state index contributed by atoms with van der Waals surface area (Å²) in [7, 11) is 0. The molecule has 0 fully saturated rings. The molecule has 10 heteroatoms. The van der Waals surface area contributed by atoms with Crippen molar-refractivity contribution in [2.24, 2.45) is 11.1 Å². The number of hydrogen-bond donors (Lipinski definition) is 2. The van der Waals surface area contributed by atoms with E-state index in [-0.39, 0.29) is 29.7 Å². The Morgan fingerprint density at radius 3 is 2.63 bits per heavy atom. The van der Waals surface area contributed by atoms with Crippen molar-refractivity contribution in [1.29, 1.82) is 0 Å². The van der Waals surface area contributed by atoms with Crippen molar-refractivity contribution < 1.29 is 22.8 Å². The van der Waals surface area contributed by atoms with E-state index in [0.29, 0.717) is 17.9 Å².